The zero-order valence-electron chi connectivity index (χ0n) is 28.7. The van der Waals surface area contributed by atoms with Gasteiger partial charge in [-0.05, 0) is 57.0 Å². The summed E-state index contributed by atoms with van der Waals surface area (Å²) in [5.41, 5.74) is 11.4. The maximum Gasteiger partial charge on any atom is 0.234 e. The number of ketones is 4. The quantitative estimate of drug-likeness (QED) is 0.214. The van der Waals surface area contributed by atoms with E-state index in [-0.39, 0.29) is 11.8 Å². The molecule has 0 amide bonds. The van der Waals surface area contributed by atoms with Crippen molar-refractivity contribution in [2.75, 3.05) is 5.75 Å². The highest BCUT2D eigenvalue weighted by Crippen LogP contribution is 2.52. The predicted molar refractivity (Wildman–Crippen MR) is 202 cm³/mol. The van der Waals surface area contributed by atoms with Crippen molar-refractivity contribution in [3.05, 3.63) is 144 Å². The molecule has 52 heavy (non-hydrogen) atoms. The monoisotopic (exact) mass is 724 g/mol. The van der Waals surface area contributed by atoms with Crippen molar-refractivity contribution in [2.24, 2.45) is 17.6 Å². The molecule has 0 bridgehead atoms. The molecule has 3 aromatic rings. The molecule has 8 nitrogen and oxygen atoms in total. The van der Waals surface area contributed by atoms with E-state index in [1.54, 1.807) is 36.4 Å². The molecular weight excluding hydrogens is 693 g/mol. The molecule has 3 heterocycles. The lowest BCUT2D eigenvalue weighted by molar-refractivity contribution is -0.110. The first-order valence-corrected chi connectivity index (χ1v) is 18.8. The molecule has 0 saturated heterocycles. The Labute approximate surface area is 308 Å². The lowest BCUT2D eigenvalue weighted by Crippen LogP contribution is -2.38. The van der Waals surface area contributed by atoms with Gasteiger partial charge in [-0.2, -0.15) is 0 Å². The Bertz CT molecular complexity index is 2460. The number of nitrogens with two attached hydrogens (primary N) is 1. The minimum Gasteiger partial charge on any atom is -0.481 e. The molecule has 0 fully saturated rings. The van der Waals surface area contributed by atoms with Crippen LogP contribution in [0.5, 0.6) is 0 Å². The summed E-state index contributed by atoms with van der Waals surface area (Å²) >= 11 is 3.00. The number of hydrogen-bond acceptors (Lipinski definition) is 10. The fourth-order valence-electron chi connectivity index (χ4n) is 7.63. The van der Waals surface area contributed by atoms with Crippen molar-refractivity contribution in [1.82, 2.24) is 4.98 Å². The number of rotatable bonds is 4. The Kier molecular flexibility index (Phi) is 7.10. The minimum atomic E-state index is -0.775. The molecule has 2 unspecified atom stereocenters. The number of carbonyl (C=O) groups excluding carboxylic acids is 4. The maximum absolute atomic E-state index is 13.0. The van der Waals surface area contributed by atoms with Gasteiger partial charge in [-0.25, -0.2) is 4.98 Å². The summed E-state index contributed by atoms with van der Waals surface area (Å²) in [5, 5.41) is 0.629. The summed E-state index contributed by atoms with van der Waals surface area (Å²) < 4.78 is 13.1. The largest absolute Gasteiger partial charge is 0.481 e. The van der Waals surface area contributed by atoms with Gasteiger partial charge in [-0.15, -0.1) is 23.1 Å². The smallest absolute Gasteiger partial charge is 0.234 e. The fraction of sp³-hybridized carbons (Fsp3) is 0.214. The van der Waals surface area contributed by atoms with Crippen molar-refractivity contribution in [3.63, 3.8) is 0 Å². The van der Waals surface area contributed by atoms with Gasteiger partial charge >= 0.3 is 0 Å². The van der Waals surface area contributed by atoms with Crippen LogP contribution in [0.4, 0.5) is 0 Å². The summed E-state index contributed by atoms with van der Waals surface area (Å²) in [6, 6.07) is 14.2. The van der Waals surface area contributed by atoms with Crippen molar-refractivity contribution < 1.29 is 28.7 Å². The third-order valence-electron chi connectivity index (χ3n) is 10.3. The molecule has 2 aliphatic heterocycles. The zero-order chi connectivity index (χ0) is 36.3. The average molecular weight is 725 g/mol. The number of aromatic nitrogens is 1. The van der Waals surface area contributed by atoms with E-state index in [1.807, 2.05) is 52.0 Å². The summed E-state index contributed by atoms with van der Waals surface area (Å²) in [4.78, 5) is 57.8. The number of ether oxygens (including phenoxy) is 2. The van der Waals surface area contributed by atoms with Crippen LogP contribution in [0.15, 0.2) is 107 Å². The van der Waals surface area contributed by atoms with Crippen molar-refractivity contribution in [1.29, 1.82) is 0 Å². The first kappa shape index (κ1) is 32.6. The standard InChI is InChI=1S/C42H32N2O6S2/c1-41(2)39(43)37(51-14-13-26-22-9-5-7-11-24(22)33(45)35(26)47)28-15-20-18-31-29(16-21(20)17-30(28)49-41)38-40(42(3,4)50-31)44-32(52-38)19-27-23-10-6-8-12-25(23)34(46)36(27)48/h5-13,15-21H,14,43H2,1-4H3/b26-13-,27-19-. The first-order chi connectivity index (χ1) is 24.8. The van der Waals surface area contributed by atoms with Gasteiger partial charge in [-0.3, -0.25) is 19.2 Å². The van der Waals surface area contributed by atoms with Gasteiger partial charge in [0.1, 0.15) is 33.4 Å². The molecule has 9 rings (SSSR count). The van der Waals surface area contributed by atoms with Crippen LogP contribution in [0, 0.1) is 11.8 Å². The Morgan fingerprint density at radius 2 is 1.27 bits per heavy atom. The van der Waals surface area contributed by atoms with Crippen molar-refractivity contribution >= 4 is 69.0 Å². The van der Waals surface area contributed by atoms with Crippen LogP contribution in [0.2, 0.25) is 0 Å². The van der Waals surface area contributed by atoms with Crippen LogP contribution in [0.3, 0.4) is 0 Å². The number of benzene rings is 2. The van der Waals surface area contributed by atoms with Crippen molar-refractivity contribution in [3.8, 4) is 0 Å². The Hall–Kier alpha value is -5.32. The molecule has 2 N–H and O–H groups in total. The highest BCUT2D eigenvalue weighted by atomic mass is 32.2. The number of fused-ring (bicyclic) bond motifs is 7. The molecule has 1 aromatic heterocycles. The maximum atomic E-state index is 13.0. The number of nitrogens with zero attached hydrogens (tertiary/aromatic N) is 1. The Balaban J connectivity index is 1.05. The van der Waals surface area contributed by atoms with E-state index in [2.05, 4.69) is 24.3 Å². The highest BCUT2D eigenvalue weighted by molar-refractivity contribution is 8.03. The molecule has 0 spiro atoms. The van der Waals surface area contributed by atoms with Gasteiger partial charge < -0.3 is 15.2 Å². The van der Waals surface area contributed by atoms with Gasteiger partial charge in [0.05, 0.1) is 10.6 Å². The normalized spacial score (nSPS) is 24.8. The van der Waals surface area contributed by atoms with Gasteiger partial charge in [0.15, 0.2) is 0 Å². The summed E-state index contributed by atoms with van der Waals surface area (Å²) in [5.74, 6) is -0.131. The predicted octanol–water partition coefficient (Wildman–Crippen LogP) is 7.61. The summed E-state index contributed by atoms with van der Waals surface area (Å²) in [6.07, 6.45) is 12.2. The second kappa shape index (κ2) is 11.3. The highest BCUT2D eigenvalue weighted by Gasteiger charge is 2.44. The van der Waals surface area contributed by atoms with E-state index in [1.165, 1.54) is 23.1 Å². The average Bonchev–Trinajstić information content (AvgIpc) is 3.73. The molecule has 258 valence electrons. The van der Waals surface area contributed by atoms with Gasteiger partial charge in [0.2, 0.25) is 23.1 Å². The summed E-state index contributed by atoms with van der Waals surface area (Å²) in [7, 11) is 0. The lowest BCUT2D eigenvalue weighted by atomic mass is 9.77. The van der Waals surface area contributed by atoms with Crippen LogP contribution < -0.4 is 5.73 Å². The van der Waals surface area contributed by atoms with E-state index in [4.69, 9.17) is 20.2 Å². The third kappa shape index (κ3) is 4.84. The third-order valence-corrected chi connectivity index (χ3v) is 12.4. The SMILES string of the molecule is CC1(C)OC2=CC3C=C4C(=CC3C=C2C(SC/C=C2\C(=O)C(=O)c3ccccc32)=C1N)OC(C)(C)c1nc(/C=C2\C(=O)C(=O)c3ccccc32)sc14. The number of carbonyl (C=O) groups is 4. The van der Waals surface area contributed by atoms with E-state index in [0.717, 1.165) is 38.1 Å². The lowest BCUT2D eigenvalue weighted by Gasteiger charge is -2.41. The fourth-order valence-corrected chi connectivity index (χ4v) is 9.96. The molecule has 4 aliphatic carbocycles. The molecule has 2 atom stereocenters. The number of hydrogen-bond donors (Lipinski definition) is 1. The molecule has 10 heteroatoms. The number of Topliss-reactive ketones (excluding diaryl/α,β-unsaturated/α-hetero) is 4. The van der Waals surface area contributed by atoms with Crippen LogP contribution >= 0.6 is 23.1 Å². The topological polar surface area (TPSA) is 126 Å². The molecular formula is C42H32N2O6S2. The number of thioether (sulfide) groups is 1. The minimum absolute atomic E-state index is 0.0397. The van der Waals surface area contributed by atoms with Crippen LogP contribution in [0.1, 0.15) is 75.1 Å². The van der Waals surface area contributed by atoms with Gasteiger partial charge in [0.25, 0.3) is 0 Å². The summed E-state index contributed by atoms with van der Waals surface area (Å²) in [6.45, 7) is 7.84. The second-order valence-electron chi connectivity index (χ2n) is 14.5. The van der Waals surface area contributed by atoms with E-state index < -0.39 is 34.3 Å². The zero-order valence-corrected chi connectivity index (χ0v) is 30.4. The van der Waals surface area contributed by atoms with Gasteiger partial charge in [0, 0.05) is 55.9 Å². The molecule has 0 radical (unpaired) electrons. The van der Waals surface area contributed by atoms with Crippen LogP contribution in [-0.2, 0) is 24.7 Å². The van der Waals surface area contributed by atoms with E-state index in [9.17, 15) is 19.2 Å². The Morgan fingerprint density at radius 3 is 1.92 bits per heavy atom. The van der Waals surface area contributed by atoms with Gasteiger partial charge in [-0.1, -0.05) is 66.8 Å². The Morgan fingerprint density at radius 1 is 0.731 bits per heavy atom. The molecule has 6 aliphatic rings. The molecule has 2 aromatic carbocycles. The second-order valence-corrected chi connectivity index (χ2v) is 16.5. The molecule has 0 saturated carbocycles. The first-order valence-electron chi connectivity index (χ1n) is 17.0. The van der Waals surface area contributed by atoms with Crippen LogP contribution in [-0.4, -0.2) is 39.5 Å². The van der Waals surface area contributed by atoms with E-state index in [0.29, 0.717) is 49.9 Å². The van der Waals surface area contributed by atoms with Crippen LogP contribution in [0.25, 0.3) is 22.8 Å². The van der Waals surface area contributed by atoms with E-state index >= 15 is 0 Å². The number of allylic oxidation sites excluding steroid dienone is 8. The number of thiazole rings is 1. The van der Waals surface area contributed by atoms with Crippen molar-refractivity contribution in [2.45, 2.75) is 38.9 Å².